The van der Waals surface area contributed by atoms with Crippen molar-refractivity contribution in [1.82, 2.24) is 19.7 Å². The zero-order valence-corrected chi connectivity index (χ0v) is 16.5. The Morgan fingerprint density at radius 3 is 2.39 bits per heavy atom. The summed E-state index contributed by atoms with van der Waals surface area (Å²) in [5, 5.41) is 2.98. The Kier molecular flexibility index (Phi) is 6.60. The number of hydrogen-bond donors (Lipinski definition) is 1. The molecule has 0 saturated carbocycles. The minimum absolute atomic E-state index is 0.00595. The molecule has 1 aromatic heterocycles. The highest BCUT2D eigenvalue weighted by Gasteiger charge is 2.22. The first-order chi connectivity index (χ1) is 13.5. The smallest absolute Gasteiger partial charge is 0.321 e. The van der Waals surface area contributed by atoms with E-state index >= 15 is 0 Å². The van der Waals surface area contributed by atoms with Crippen LogP contribution in [0.3, 0.4) is 0 Å². The van der Waals surface area contributed by atoms with Crippen LogP contribution in [0.1, 0.15) is 11.1 Å². The number of carbonyl (C=O) groups excluding carboxylic acids is 2. The molecule has 0 atom stereocenters. The molecule has 1 saturated heterocycles. The standard InChI is InChI=1S/C21H27N5O2/c1-24(2)20(27)15-18-5-3-4-6-19(18)23-21(28)26-13-11-25(12-14-26)16-17-7-9-22-10-8-17/h3-10H,11-16H2,1-2H3,(H,23,28). The van der Waals surface area contributed by atoms with Gasteiger partial charge in [-0.05, 0) is 29.3 Å². The molecule has 2 aromatic rings. The third-order valence-electron chi connectivity index (χ3n) is 4.91. The average Bonchev–Trinajstić information content (AvgIpc) is 2.70. The van der Waals surface area contributed by atoms with Crippen molar-refractivity contribution in [3.63, 3.8) is 0 Å². The molecule has 1 aromatic carbocycles. The SMILES string of the molecule is CN(C)C(=O)Cc1ccccc1NC(=O)N1CCN(Cc2ccncc2)CC1. The van der Waals surface area contributed by atoms with Crippen LogP contribution >= 0.6 is 0 Å². The molecule has 2 heterocycles. The summed E-state index contributed by atoms with van der Waals surface area (Å²) in [5.74, 6) is 0.00595. The molecular formula is C21H27N5O2. The molecule has 1 aliphatic heterocycles. The lowest BCUT2D eigenvalue weighted by atomic mass is 10.1. The Morgan fingerprint density at radius 2 is 1.71 bits per heavy atom. The molecule has 7 heteroatoms. The molecule has 7 nitrogen and oxygen atoms in total. The molecule has 1 fully saturated rings. The summed E-state index contributed by atoms with van der Waals surface area (Å²) in [6.07, 6.45) is 3.87. The molecule has 0 radical (unpaired) electrons. The maximum absolute atomic E-state index is 12.7. The van der Waals surface area contributed by atoms with Crippen LogP contribution < -0.4 is 5.32 Å². The maximum atomic E-state index is 12.7. The summed E-state index contributed by atoms with van der Waals surface area (Å²) in [6.45, 7) is 3.88. The first-order valence-corrected chi connectivity index (χ1v) is 9.48. The second-order valence-corrected chi connectivity index (χ2v) is 7.17. The third-order valence-corrected chi connectivity index (χ3v) is 4.91. The van der Waals surface area contributed by atoms with Gasteiger partial charge in [-0.15, -0.1) is 0 Å². The van der Waals surface area contributed by atoms with E-state index in [-0.39, 0.29) is 18.4 Å². The van der Waals surface area contributed by atoms with Gasteiger partial charge < -0.3 is 15.1 Å². The number of nitrogens with zero attached hydrogens (tertiary/aromatic N) is 4. The number of rotatable bonds is 5. The highest BCUT2D eigenvalue weighted by Crippen LogP contribution is 2.18. The van der Waals surface area contributed by atoms with Crippen LogP contribution in [0.4, 0.5) is 10.5 Å². The van der Waals surface area contributed by atoms with E-state index in [4.69, 9.17) is 0 Å². The number of benzene rings is 1. The Bertz CT molecular complexity index is 801. The number of urea groups is 1. The zero-order chi connectivity index (χ0) is 19.9. The number of aromatic nitrogens is 1. The van der Waals surface area contributed by atoms with E-state index in [1.54, 1.807) is 31.4 Å². The third kappa shape index (κ3) is 5.29. The fraction of sp³-hybridized carbons (Fsp3) is 0.381. The second kappa shape index (κ2) is 9.32. The molecule has 28 heavy (non-hydrogen) atoms. The van der Waals surface area contributed by atoms with E-state index < -0.39 is 0 Å². The summed E-state index contributed by atoms with van der Waals surface area (Å²) in [6, 6.07) is 11.4. The Labute approximate surface area is 166 Å². The quantitative estimate of drug-likeness (QED) is 0.861. The largest absolute Gasteiger partial charge is 0.349 e. The van der Waals surface area contributed by atoms with E-state index in [0.717, 1.165) is 25.2 Å². The van der Waals surface area contributed by atoms with Gasteiger partial charge >= 0.3 is 6.03 Å². The normalized spacial score (nSPS) is 14.6. The average molecular weight is 381 g/mol. The lowest BCUT2D eigenvalue weighted by Gasteiger charge is -2.34. The Morgan fingerprint density at radius 1 is 1.04 bits per heavy atom. The Hall–Kier alpha value is -2.93. The van der Waals surface area contributed by atoms with Gasteiger partial charge in [-0.25, -0.2) is 4.79 Å². The van der Waals surface area contributed by atoms with Crippen LogP contribution in [0.2, 0.25) is 0 Å². The van der Waals surface area contributed by atoms with Crippen molar-refractivity contribution in [3.05, 3.63) is 59.9 Å². The molecule has 1 aliphatic rings. The van der Waals surface area contributed by atoms with E-state index in [1.807, 2.05) is 41.3 Å². The van der Waals surface area contributed by atoms with Gasteiger partial charge in [0.15, 0.2) is 0 Å². The summed E-state index contributed by atoms with van der Waals surface area (Å²) >= 11 is 0. The first kappa shape index (κ1) is 19.8. The Balaban J connectivity index is 1.54. The molecule has 3 rings (SSSR count). The van der Waals surface area contributed by atoms with Gasteiger partial charge in [0, 0.05) is 64.9 Å². The summed E-state index contributed by atoms with van der Waals surface area (Å²) in [7, 11) is 3.46. The minimum atomic E-state index is -0.117. The van der Waals surface area contributed by atoms with Gasteiger partial charge in [0.05, 0.1) is 6.42 Å². The number of hydrogen-bond acceptors (Lipinski definition) is 4. The maximum Gasteiger partial charge on any atom is 0.321 e. The first-order valence-electron chi connectivity index (χ1n) is 9.48. The highest BCUT2D eigenvalue weighted by molar-refractivity contribution is 5.91. The lowest BCUT2D eigenvalue weighted by Crippen LogP contribution is -2.49. The molecule has 3 amide bonds. The van der Waals surface area contributed by atoms with Gasteiger partial charge in [0.1, 0.15) is 0 Å². The van der Waals surface area contributed by atoms with E-state index in [1.165, 1.54) is 5.56 Å². The number of anilines is 1. The molecule has 0 unspecified atom stereocenters. The predicted octanol–water partition coefficient (Wildman–Crippen LogP) is 2.06. The van der Waals surface area contributed by atoms with Crippen molar-refractivity contribution in [2.45, 2.75) is 13.0 Å². The number of para-hydroxylation sites is 1. The van der Waals surface area contributed by atoms with Crippen molar-refractivity contribution in [2.75, 3.05) is 45.6 Å². The highest BCUT2D eigenvalue weighted by atomic mass is 16.2. The summed E-state index contributed by atoms with van der Waals surface area (Å²) in [4.78, 5) is 34.5. The monoisotopic (exact) mass is 381 g/mol. The van der Waals surface area contributed by atoms with Crippen LogP contribution in [0.5, 0.6) is 0 Å². The molecule has 0 bridgehead atoms. The van der Waals surface area contributed by atoms with Gasteiger partial charge in [0.25, 0.3) is 0 Å². The predicted molar refractivity (Wildman–Crippen MR) is 109 cm³/mol. The van der Waals surface area contributed by atoms with Gasteiger partial charge in [-0.3, -0.25) is 14.7 Å². The molecular weight excluding hydrogens is 354 g/mol. The van der Waals surface area contributed by atoms with Crippen molar-refractivity contribution >= 4 is 17.6 Å². The van der Waals surface area contributed by atoms with Gasteiger partial charge in [-0.1, -0.05) is 18.2 Å². The number of pyridine rings is 1. The summed E-state index contributed by atoms with van der Waals surface area (Å²) < 4.78 is 0. The fourth-order valence-electron chi connectivity index (χ4n) is 3.17. The summed E-state index contributed by atoms with van der Waals surface area (Å²) in [5.41, 5.74) is 2.75. The van der Waals surface area contributed by atoms with E-state index in [2.05, 4.69) is 15.2 Å². The minimum Gasteiger partial charge on any atom is -0.349 e. The van der Waals surface area contributed by atoms with Crippen LogP contribution in [0.15, 0.2) is 48.8 Å². The van der Waals surface area contributed by atoms with Crippen molar-refractivity contribution in [3.8, 4) is 0 Å². The lowest BCUT2D eigenvalue weighted by molar-refractivity contribution is -0.127. The van der Waals surface area contributed by atoms with E-state index in [0.29, 0.717) is 18.8 Å². The van der Waals surface area contributed by atoms with Crippen molar-refractivity contribution in [1.29, 1.82) is 0 Å². The number of likely N-dealkylation sites (N-methyl/N-ethyl adjacent to an activating group) is 1. The zero-order valence-electron chi connectivity index (χ0n) is 16.5. The van der Waals surface area contributed by atoms with Gasteiger partial charge in [-0.2, -0.15) is 0 Å². The van der Waals surface area contributed by atoms with Crippen molar-refractivity contribution in [2.24, 2.45) is 0 Å². The van der Waals surface area contributed by atoms with Crippen LogP contribution in [-0.2, 0) is 17.8 Å². The topological polar surface area (TPSA) is 68.8 Å². The van der Waals surface area contributed by atoms with E-state index in [9.17, 15) is 9.59 Å². The van der Waals surface area contributed by atoms with Crippen LogP contribution in [0.25, 0.3) is 0 Å². The van der Waals surface area contributed by atoms with Gasteiger partial charge in [0.2, 0.25) is 5.91 Å². The number of piperazine rings is 1. The molecule has 148 valence electrons. The number of amides is 3. The van der Waals surface area contributed by atoms with Crippen molar-refractivity contribution < 1.29 is 9.59 Å². The van der Waals surface area contributed by atoms with Crippen LogP contribution in [-0.4, -0.2) is 71.9 Å². The van der Waals surface area contributed by atoms with Crippen LogP contribution in [0, 0.1) is 0 Å². The molecule has 1 N–H and O–H groups in total. The second-order valence-electron chi connectivity index (χ2n) is 7.17. The fourth-order valence-corrected chi connectivity index (χ4v) is 3.17. The molecule has 0 spiro atoms. The number of carbonyl (C=O) groups is 2. The molecule has 0 aliphatic carbocycles. The number of nitrogens with one attached hydrogen (secondary N) is 1.